The Morgan fingerprint density at radius 3 is 2.83 bits per heavy atom. The molecule has 1 aliphatic carbocycles. The normalized spacial score (nSPS) is 19.3. The highest BCUT2D eigenvalue weighted by Gasteiger charge is 2.36. The van der Waals surface area contributed by atoms with Gasteiger partial charge in [0.05, 0.1) is 21.6 Å². The molecule has 1 aliphatic rings. The molecule has 1 aromatic carbocycles. The van der Waals surface area contributed by atoms with Crippen LogP contribution in [0.2, 0.25) is 0 Å². The van der Waals surface area contributed by atoms with Gasteiger partial charge in [0.15, 0.2) is 9.84 Å². The van der Waals surface area contributed by atoms with E-state index < -0.39 is 9.84 Å². The zero-order chi connectivity index (χ0) is 20.0. The average molecular weight is 407 g/mol. The van der Waals surface area contributed by atoms with Crippen LogP contribution in [0.5, 0.6) is 0 Å². The van der Waals surface area contributed by atoms with Gasteiger partial charge >= 0.3 is 0 Å². The predicted octanol–water partition coefficient (Wildman–Crippen LogP) is 3.19. The summed E-state index contributed by atoms with van der Waals surface area (Å²) in [5.74, 6) is 1.17. The van der Waals surface area contributed by atoms with Crippen LogP contribution in [0.3, 0.4) is 0 Å². The van der Waals surface area contributed by atoms with Crippen LogP contribution < -0.4 is 4.90 Å². The Labute approximate surface area is 168 Å². The van der Waals surface area contributed by atoms with Gasteiger partial charge in [-0.2, -0.15) is 0 Å². The molecule has 3 heterocycles. The quantitative estimate of drug-likeness (QED) is 0.546. The lowest BCUT2D eigenvalue weighted by Gasteiger charge is -2.41. The molecular formula is C21H21N5O2S. The smallest absolute Gasteiger partial charge is 0.180 e. The molecule has 1 fully saturated rings. The first-order valence-electron chi connectivity index (χ1n) is 9.60. The second-order valence-corrected chi connectivity index (χ2v) is 9.72. The highest BCUT2D eigenvalue weighted by molar-refractivity contribution is 7.91. The third kappa shape index (κ3) is 3.23. The molecule has 1 N–H and O–H groups in total. The van der Waals surface area contributed by atoms with Crippen molar-refractivity contribution in [3.05, 3.63) is 55.1 Å². The van der Waals surface area contributed by atoms with Crippen LogP contribution >= 0.6 is 0 Å². The lowest BCUT2D eigenvalue weighted by molar-refractivity contribution is 0.282. The number of nitrogens with zero attached hydrogens (tertiary/aromatic N) is 4. The van der Waals surface area contributed by atoms with Crippen LogP contribution in [0.25, 0.3) is 21.9 Å². The van der Waals surface area contributed by atoms with Crippen molar-refractivity contribution in [2.75, 3.05) is 17.7 Å². The molecule has 0 amide bonds. The molecule has 0 atom stereocenters. The van der Waals surface area contributed by atoms with E-state index in [9.17, 15) is 8.42 Å². The highest BCUT2D eigenvalue weighted by Crippen LogP contribution is 2.36. The highest BCUT2D eigenvalue weighted by atomic mass is 32.2. The van der Waals surface area contributed by atoms with Gasteiger partial charge in [-0.1, -0.05) is 18.2 Å². The number of nitrogens with one attached hydrogen (secondary N) is 1. The number of H-pyrrole nitrogens is 1. The molecule has 4 aromatic rings. The van der Waals surface area contributed by atoms with Crippen LogP contribution in [-0.4, -0.2) is 47.2 Å². The van der Waals surface area contributed by atoms with Gasteiger partial charge in [-0.05, 0) is 37.0 Å². The van der Waals surface area contributed by atoms with Crippen LogP contribution in [0, 0.1) is 5.92 Å². The largest absolute Gasteiger partial charge is 0.356 e. The average Bonchev–Trinajstić information content (AvgIpc) is 3.18. The minimum Gasteiger partial charge on any atom is -0.356 e. The standard InChI is InChI=1S/C21H21N5O2S/c1-26(21-18-6-7-22-20(18)24-13-25-21)16-8-14(9-16)12-29(27,28)17-10-15-4-2-3-5-19(15)23-11-17/h2-7,10-11,13-14,16H,8-9,12H2,1H3,(H,22,24,25). The number of rotatable bonds is 5. The Morgan fingerprint density at radius 1 is 1.14 bits per heavy atom. The maximum Gasteiger partial charge on any atom is 0.180 e. The first-order chi connectivity index (χ1) is 14.0. The first kappa shape index (κ1) is 18.1. The lowest BCUT2D eigenvalue weighted by atomic mass is 9.81. The fourth-order valence-electron chi connectivity index (χ4n) is 4.09. The summed E-state index contributed by atoms with van der Waals surface area (Å²) < 4.78 is 25.8. The maximum absolute atomic E-state index is 12.9. The molecule has 0 spiro atoms. The topological polar surface area (TPSA) is 91.8 Å². The van der Waals surface area contributed by atoms with Crippen molar-refractivity contribution in [3.8, 4) is 0 Å². The number of fused-ring (bicyclic) bond motifs is 2. The number of hydrogen-bond donors (Lipinski definition) is 1. The number of aromatic amines is 1. The van der Waals surface area contributed by atoms with Gasteiger partial charge in [-0.25, -0.2) is 18.4 Å². The molecule has 8 heteroatoms. The Balaban J connectivity index is 1.28. The Kier molecular flexibility index (Phi) is 4.24. The number of para-hydroxylation sites is 1. The summed E-state index contributed by atoms with van der Waals surface area (Å²) in [5, 5.41) is 1.83. The van der Waals surface area contributed by atoms with Crippen LogP contribution in [0.4, 0.5) is 5.82 Å². The number of hydrogen-bond acceptors (Lipinski definition) is 6. The van der Waals surface area contributed by atoms with E-state index in [0.29, 0.717) is 4.90 Å². The summed E-state index contributed by atoms with van der Waals surface area (Å²) in [4.78, 5) is 18.5. The molecule has 0 aliphatic heterocycles. The minimum absolute atomic E-state index is 0.141. The van der Waals surface area contributed by atoms with Crippen molar-refractivity contribution in [2.24, 2.45) is 5.92 Å². The SMILES string of the molecule is CN(c1ncnc2[nH]ccc12)C1CC(CS(=O)(=O)c2cnc3ccccc3c2)C1. The summed E-state index contributed by atoms with van der Waals surface area (Å²) in [6.45, 7) is 0. The van der Waals surface area contributed by atoms with Gasteiger partial charge in [0.2, 0.25) is 0 Å². The molecule has 0 radical (unpaired) electrons. The van der Waals surface area contributed by atoms with E-state index in [2.05, 4.69) is 24.8 Å². The third-order valence-electron chi connectivity index (χ3n) is 5.81. The summed E-state index contributed by atoms with van der Waals surface area (Å²) >= 11 is 0. The molecule has 0 bridgehead atoms. The van der Waals surface area contributed by atoms with Gasteiger partial charge in [-0.3, -0.25) is 4.98 Å². The Morgan fingerprint density at radius 2 is 1.97 bits per heavy atom. The van der Waals surface area contributed by atoms with Crippen molar-refractivity contribution >= 4 is 37.6 Å². The number of anilines is 1. The molecule has 7 nitrogen and oxygen atoms in total. The molecule has 5 rings (SSSR count). The summed E-state index contributed by atoms with van der Waals surface area (Å²) in [7, 11) is -1.35. The van der Waals surface area contributed by atoms with E-state index in [0.717, 1.165) is 40.6 Å². The molecular weight excluding hydrogens is 386 g/mol. The molecule has 0 saturated heterocycles. The fourth-order valence-corrected chi connectivity index (χ4v) is 5.70. The van der Waals surface area contributed by atoms with Crippen LogP contribution in [0.1, 0.15) is 12.8 Å². The number of sulfone groups is 1. The van der Waals surface area contributed by atoms with E-state index in [4.69, 9.17) is 0 Å². The zero-order valence-electron chi connectivity index (χ0n) is 16.0. The number of aromatic nitrogens is 4. The number of pyridine rings is 1. The van der Waals surface area contributed by atoms with E-state index in [1.165, 1.54) is 6.20 Å². The van der Waals surface area contributed by atoms with Crippen molar-refractivity contribution in [2.45, 2.75) is 23.8 Å². The predicted molar refractivity (Wildman–Crippen MR) is 113 cm³/mol. The minimum atomic E-state index is -3.36. The zero-order valence-corrected chi connectivity index (χ0v) is 16.8. The number of benzene rings is 1. The second kappa shape index (κ2) is 6.81. The van der Waals surface area contributed by atoms with Gasteiger partial charge < -0.3 is 9.88 Å². The van der Waals surface area contributed by atoms with Gasteiger partial charge in [-0.15, -0.1) is 0 Å². The van der Waals surface area contributed by atoms with Crippen LogP contribution in [0.15, 0.2) is 60.0 Å². The molecule has 0 unspecified atom stereocenters. The third-order valence-corrected chi connectivity index (χ3v) is 7.66. The van der Waals surface area contributed by atoms with Gasteiger partial charge in [0.1, 0.15) is 17.8 Å². The van der Waals surface area contributed by atoms with Crippen LogP contribution in [-0.2, 0) is 9.84 Å². The Hall–Kier alpha value is -3.00. The molecule has 148 valence electrons. The van der Waals surface area contributed by atoms with E-state index >= 15 is 0 Å². The van der Waals surface area contributed by atoms with Crippen molar-refractivity contribution in [3.63, 3.8) is 0 Å². The Bertz CT molecular complexity index is 1290. The van der Waals surface area contributed by atoms with Gasteiger partial charge in [0, 0.05) is 30.9 Å². The molecule has 29 heavy (non-hydrogen) atoms. The van der Waals surface area contributed by atoms with Crippen molar-refractivity contribution in [1.82, 2.24) is 19.9 Å². The molecule has 3 aromatic heterocycles. The second-order valence-electron chi connectivity index (χ2n) is 7.68. The molecule has 1 saturated carbocycles. The van der Waals surface area contributed by atoms with E-state index in [1.54, 1.807) is 12.4 Å². The van der Waals surface area contributed by atoms with E-state index in [1.807, 2.05) is 43.6 Å². The monoisotopic (exact) mass is 407 g/mol. The first-order valence-corrected chi connectivity index (χ1v) is 11.2. The summed E-state index contributed by atoms with van der Waals surface area (Å²) in [6.07, 6.45) is 6.53. The fraction of sp³-hybridized carbons (Fsp3) is 0.286. The van der Waals surface area contributed by atoms with E-state index in [-0.39, 0.29) is 17.7 Å². The summed E-state index contributed by atoms with van der Waals surface area (Å²) in [6, 6.07) is 11.5. The van der Waals surface area contributed by atoms with Crippen molar-refractivity contribution in [1.29, 1.82) is 0 Å². The maximum atomic E-state index is 12.9. The summed E-state index contributed by atoms with van der Waals surface area (Å²) in [5.41, 5.74) is 1.61. The van der Waals surface area contributed by atoms with Crippen molar-refractivity contribution < 1.29 is 8.42 Å². The lowest BCUT2D eigenvalue weighted by Crippen LogP contribution is -2.45. The van der Waals surface area contributed by atoms with Gasteiger partial charge in [0.25, 0.3) is 0 Å².